The van der Waals surface area contributed by atoms with Gasteiger partial charge in [0.25, 0.3) is 0 Å². The van der Waals surface area contributed by atoms with Crippen molar-refractivity contribution in [2.45, 2.75) is 12.3 Å². The van der Waals surface area contributed by atoms with Crippen LogP contribution in [0, 0.1) is 0 Å². The molecule has 7 rings (SSSR count). The van der Waals surface area contributed by atoms with E-state index in [1.807, 2.05) is 36.0 Å². The highest BCUT2D eigenvalue weighted by Crippen LogP contribution is 2.49. The number of rotatable bonds is 5. The van der Waals surface area contributed by atoms with Crippen LogP contribution < -0.4 is 14.2 Å². The summed E-state index contributed by atoms with van der Waals surface area (Å²) in [5, 5.41) is 10.1. The fourth-order valence-corrected chi connectivity index (χ4v) is 5.61. The number of aromatic nitrogens is 1. The van der Waals surface area contributed by atoms with Crippen molar-refractivity contribution in [3.8, 4) is 28.6 Å². The molecule has 3 aromatic carbocycles. The Morgan fingerprint density at radius 1 is 1.02 bits per heavy atom. The Labute approximate surface area is 239 Å². The van der Waals surface area contributed by atoms with Gasteiger partial charge in [0.15, 0.2) is 5.76 Å². The molecule has 0 fully saturated rings. The zero-order chi connectivity index (χ0) is 29.1. The van der Waals surface area contributed by atoms with E-state index in [0.717, 1.165) is 16.5 Å². The maximum atomic E-state index is 13.5. The molecule has 4 heterocycles. The number of furan rings is 1. The molecule has 2 aromatic heterocycles. The number of allylic oxidation sites excluding steroid dienone is 1. The lowest BCUT2D eigenvalue weighted by Crippen LogP contribution is -2.21. The number of carbonyl (C=O) groups is 3. The Morgan fingerprint density at radius 2 is 1.83 bits per heavy atom. The quantitative estimate of drug-likeness (QED) is 0.153. The van der Waals surface area contributed by atoms with E-state index in [2.05, 4.69) is 0 Å². The van der Waals surface area contributed by atoms with Crippen molar-refractivity contribution in [3.63, 3.8) is 0 Å². The number of ether oxygens (including phenoxy) is 3. The van der Waals surface area contributed by atoms with E-state index >= 15 is 0 Å². The van der Waals surface area contributed by atoms with Gasteiger partial charge in [-0.3, -0.25) is 9.59 Å². The first kappa shape index (κ1) is 25.4. The van der Waals surface area contributed by atoms with Crippen LogP contribution in [0.1, 0.15) is 49.9 Å². The van der Waals surface area contributed by atoms with E-state index in [9.17, 15) is 19.5 Å². The molecule has 1 N–H and O–H groups in total. The number of fused-ring (bicyclic) bond motifs is 4. The Balaban J connectivity index is 1.27. The SMILES string of the molecule is COc1ccc2c(c1)c(/C=C1\Oc3c(ccc4c3C(c3ccc(-c5ccc(C(=O)O)cc5)o3)CC(=O)O4)C1=O)cn2C. The summed E-state index contributed by atoms with van der Waals surface area (Å²) in [5.41, 5.74) is 3.55. The molecule has 9 nitrogen and oxygen atoms in total. The summed E-state index contributed by atoms with van der Waals surface area (Å²) >= 11 is 0. The number of nitrogens with zero attached hydrogens (tertiary/aromatic N) is 1. The summed E-state index contributed by atoms with van der Waals surface area (Å²) in [6.07, 6.45) is 3.63. The van der Waals surface area contributed by atoms with Crippen LogP contribution >= 0.6 is 0 Å². The van der Waals surface area contributed by atoms with Gasteiger partial charge in [-0.1, -0.05) is 12.1 Å². The van der Waals surface area contributed by atoms with Crippen molar-refractivity contribution in [3.05, 3.63) is 107 Å². The second kappa shape index (κ2) is 9.52. The molecule has 9 heteroatoms. The lowest BCUT2D eigenvalue weighted by atomic mass is 9.88. The summed E-state index contributed by atoms with van der Waals surface area (Å²) in [6, 6.07) is 18.8. The van der Waals surface area contributed by atoms with Gasteiger partial charge in [0.05, 0.1) is 30.6 Å². The number of benzene rings is 3. The third kappa shape index (κ3) is 4.05. The van der Waals surface area contributed by atoms with Crippen LogP contribution in [-0.4, -0.2) is 34.5 Å². The smallest absolute Gasteiger partial charge is 0.335 e. The molecule has 0 saturated carbocycles. The number of hydrogen-bond acceptors (Lipinski definition) is 7. The molecule has 42 heavy (non-hydrogen) atoms. The minimum Gasteiger partial charge on any atom is -0.497 e. The number of esters is 1. The minimum absolute atomic E-state index is 0.00588. The van der Waals surface area contributed by atoms with E-state index in [1.165, 1.54) is 12.1 Å². The molecular weight excluding hydrogens is 538 g/mol. The zero-order valence-electron chi connectivity index (χ0n) is 22.5. The van der Waals surface area contributed by atoms with Gasteiger partial charge in [0.1, 0.15) is 28.8 Å². The first-order chi connectivity index (χ1) is 20.3. The number of Topliss-reactive ketones (excluding diaryl/α,β-unsaturated/α-hetero) is 1. The molecule has 2 aliphatic heterocycles. The number of ketones is 1. The number of hydrogen-bond donors (Lipinski definition) is 1. The maximum Gasteiger partial charge on any atom is 0.335 e. The molecule has 0 saturated heterocycles. The summed E-state index contributed by atoms with van der Waals surface area (Å²) in [7, 11) is 3.53. The molecule has 0 amide bonds. The Kier molecular flexibility index (Phi) is 5.76. The van der Waals surface area contributed by atoms with Crippen LogP contribution in [0.25, 0.3) is 28.3 Å². The third-order valence-corrected chi connectivity index (χ3v) is 7.68. The number of aromatic carboxylic acids is 1. The van der Waals surface area contributed by atoms with Crippen LogP contribution in [0.5, 0.6) is 17.2 Å². The number of aryl methyl sites for hydroxylation is 1. The highest BCUT2D eigenvalue weighted by molar-refractivity contribution is 6.15. The van der Waals surface area contributed by atoms with Gasteiger partial charge in [-0.15, -0.1) is 0 Å². The second-order valence-electron chi connectivity index (χ2n) is 10.2. The minimum atomic E-state index is -1.02. The Morgan fingerprint density at radius 3 is 2.60 bits per heavy atom. The molecule has 1 atom stereocenters. The van der Waals surface area contributed by atoms with Crippen LogP contribution in [0.3, 0.4) is 0 Å². The summed E-state index contributed by atoms with van der Waals surface area (Å²) in [6.45, 7) is 0. The van der Waals surface area contributed by atoms with Gasteiger partial charge in [-0.05, 0) is 60.7 Å². The van der Waals surface area contributed by atoms with E-state index in [0.29, 0.717) is 45.5 Å². The van der Waals surface area contributed by atoms with Gasteiger partial charge in [-0.25, -0.2) is 4.79 Å². The highest BCUT2D eigenvalue weighted by atomic mass is 16.5. The predicted octanol–water partition coefficient (Wildman–Crippen LogP) is 6.20. The largest absolute Gasteiger partial charge is 0.497 e. The monoisotopic (exact) mass is 561 g/mol. The van der Waals surface area contributed by atoms with E-state index in [4.69, 9.17) is 18.6 Å². The van der Waals surface area contributed by atoms with Crippen molar-refractivity contribution in [1.82, 2.24) is 4.57 Å². The van der Waals surface area contributed by atoms with Crippen LogP contribution in [0.15, 0.2) is 83.1 Å². The van der Waals surface area contributed by atoms with Crippen molar-refractivity contribution >= 4 is 34.7 Å². The Bertz CT molecular complexity index is 1980. The van der Waals surface area contributed by atoms with Crippen LogP contribution in [0.2, 0.25) is 0 Å². The fraction of sp³-hybridized carbons (Fsp3) is 0.121. The number of carboxylic acid groups (broad SMARTS) is 1. The van der Waals surface area contributed by atoms with E-state index < -0.39 is 17.9 Å². The molecule has 1 unspecified atom stereocenters. The molecule has 0 aliphatic carbocycles. The molecule has 5 aromatic rings. The Hall–Kier alpha value is -5.57. The van der Waals surface area contributed by atoms with Crippen LogP contribution in [-0.2, 0) is 11.8 Å². The van der Waals surface area contributed by atoms with Gasteiger partial charge in [-0.2, -0.15) is 0 Å². The predicted molar refractivity (Wildman–Crippen MR) is 152 cm³/mol. The average Bonchev–Trinajstić information content (AvgIpc) is 3.69. The van der Waals surface area contributed by atoms with E-state index in [1.54, 1.807) is 49.6 Å². The normalized spacial score (nSPS) is 16.7. The molecule has 2 aliphatic rings. The number of carboxylic acids is 1. The molecule has 208 valence electrons. The van der Waals surface area contributed by atoms with E-state index in [-0.39, 0.29) is 23.5 Å². The summed E-state index contributed by atoms with van der Waals surface area (Å²) < 4.78 is 25.3. The van der Waals surface area contributed by atoms with Gasteiger partial charge >= 0.3 is 11.9 Å². The fourth-order valence-electron chi connectivity index (χ4n) is 5.61. The average molecular weight is 562 g/mol. The lowest BCUT2D eigenvalue weighted by molar-refractivity contribution is -0.135. The first-order valence-electron chi connectivity index (χ1n) is 13.2. The topological polar surface area (TPSA) is 117 Å². The standard InChI is InChI=1S/C33H23NO8/c1-34-16-19(22-14-20(39-2)7-9-24(22)34)13-28-31(36)21-8-10-27-30(32(21)42-28)23(15-29(35)41-27)26-12-11-25(40-26)17-3-5-18(6-4-17)33(37)38/h3-14,16,23H,15H2,1-2H3,(H,37,38)/b28-13-. The zero-order valence-corrected chi connectivity index (χ0v) is 22.5. The highest BCUT2D eigenvalue weighted by Gasteiger charge is 2.39. The van der Waals surface area contributed by atoms with Gasteiger partial charge in [0, 0.05) is 40.8 Å². The summed E-state index contributed by atoms with van der Waals surface area (Å²) in [4.78, 5) is 37.3. The third-order valence-electron chi connectivity index (χ3n) is 7.68. The molecule has 0 bridgehead atoms. The van der Waals surface area contributed by atoms with Crippen molar-refractivity contribution in [2.24, 2.45) is 7.05 Å². The molecular formula is C33H23NO8. The van der Waals surface area contributed by atoms with Crippen LogP contribution in [0.4, 0.5) is 0 Å². The van der Waals surface area contributed by atoms with Crippen molar-refractivity contribution in [2.75, 3.05) is 7.11 Å². The van der Waals surface area contributed by atoms with Gasteiger partial charge < -0.3 is 28.3 Å². The lowest BCUT2D eigenvalue weighted by Gasteiger charge is -2.24. The number of carbonyl (C=O) groups excluding carboxylic acids is 2. The first-order valence-corrected chi connectivity index (χ1v) is 13.2. The summed E-state index contributed by atoms with van der Waals surface area (Å²) in [5.74, 6) is 0.224. The van der Waals surface area contributed by atoms with Crippen molar-refractivity contribution in [1.29, 1.82) is 0 Å². The second-order valence-corrected chi connectivity index (χ2v) is 10.2. The van der Waals surface area contributed by atoms with Gasteiger partial charge in [0.2, 0.25) is 5.78 Å². The maximum absolute atomic E-state index is 13.5. The molecule has 0 spiro atoms. The van der Waals surface area contributed by atoms with Crippen molar-refractivity contribution < 1.29 is 38.1 Å². The molecule has 0 radical (unpaired) electrons. The number of methoxy groups -OCH3 is 1.